The van der Waals surface area contributed by atoms with Crippen LogP contribution in [0.3, 0.4) is 0 Å². The minimum atomic E-state index is -0.0347. The Morgan fingerprint density at radius 3 is 2.08 bits per heavy atom. The van der Waals surface area contributed by atoms with Crippen LogP contribution in [0.4, 0.5) is 0 Å². The van der Waals surface area contributed by atoms with Gasteiger partial charge in [-0.05, 0) is 75.0 Å². The Kier molecular flexibility index (Phi) is 10.5. The third kappa shape index (κ3) is 7.54. The standard InChI is InChI=1S/C30H44N6O2/c1-3-26(4-2)36(19-20-37)27-13-9-24(10-14-27)6-5-23-7-11-25(12-8-23)30(38)35(21-28-31-15-16-32-28)22-29-33-17-18-34-29/h7-8,11-12,15-18,24,26-27,37H,3-6,9-10,13-14,19-22H2,1-2H3,(H,31,32)(H,33,34). The average molecular weight is 521 g/mol. The molecule has 3 aromatic rings. The molecule has 1 aliphatic carbocycles. The Balaban J connectivity index is 1.29. The monoisotopic (exact) mass is 520 g/mol. The quantitative estimate of drug-likeness (QED) is 0.279. The van der Waals surface area contributed by atoms with Gasteiger partial charge < -0.3 is 20.0 Å². The highest BCUT2D eigenvalue weighted by molar-refractivity contribution is 5.94. The number of aromatic amines is 2. The lowest BCUT2D eigenvalue weighted by molar-refractivity contribution is 0.0655. The molecule has 0 spiro atoms. The topological polar surface area (TPSA) is 101 Å². The largest absolute Gasteiger partial charge is 0.395 e. The molecule has 0 atom stereocenters. The van der Waals surface area contributed by atoms with Crippen molar-refractivity contribution in [1.82, 2.24) is 29.7 Å². The maximum atomic E-state index is 13.4. The Morgan fingerprint density at radius 1 is 0.974 bits per heavy atom. The number of hydrogen-bond donors (Lipinski definition) is 3. The van der Waals surface area contributed by atoms with E-state index in [0.29, 0.717) is 30.7 Å². The second kappa shape index (κ2) is 14.3. The highest BCUT2D eigenvalue weighted by Crippen LogP contribution is 2.32. The summed E-state index contributed by atoms with van der Waals surface area (Å²) in [5, 5.41) is 9.59. The molecule has 0 aliphatic heterocycles. The van der Waals surface area contributed by atoms with E-state index in [2.05, 4.69) is 50.8 Å². The van der Waals surface area contributed by atoms with E-state index in [1.807, 2.05) is 12.1 Å². The summed E-state index contributed by atoms with van der Waals surface area (Å²) < 4.78 is 0. The lowest BCUT2D eigenvalue weighted by atomic mass is 9.81. The number of aromatic nitrogens is 4. The van der Waals surface area contributed by atoms with Gasteiger partial charge in [0.2, 0.25) is 0 Å². The van der Waals surface area contributed by atoms with Gasteiger partial charge in [0.1, 0.15) is 11.6 Å². The lowest BCUT2D eigenvalue weighted by Gasteiger charge is -2.41. The van der Waals surface area contributed by atoms with Crippen LogP contribution in [0.5, 0.6) is 0 Å². The SMILES string of the molecule is CCC(CC)N(CCO)C1CCC(CCc2ccc(C(=O)N(Cc3ncc[nH]3)Cc3ncc[nH]3)cc2)CC1. The molecule has 3 N–H and O–H groups in total. The number of carbonyl (C=O) groups excluding carboxylic acids is 1. The third-order valence-electron chi connectivity index (χ3n) is 8.18. The van der Waals surface area contributed by atoms with Crippen molar-refractivity contribution in [3.05, 3.63) is 71.8 Å². The molecule has 1 aliphatic rings. The zero-order valence-corrected chi connectivity index (χ0v) is 23.0. The molecule has 206 valence electrons. The van der Waals surface area contributed by atoms with Crippen molar-refractivity contribution in [3.63, 3.8) is 0 Å². The van der Waals surface area contributed by atoms with Gasteiger partial charge in [0.25, 0.3) is 5.91 Å². The number of carbonyl (C=O) groups is 1. The van der Waals surface area contributed by atoms with Crippen molar-refractivity contribution in [2.24, 2.45) is 5.92 Å². The highest BCUT2D eigenvalue weighted by atomic mass is 16.3. The van der Waals surface area contributed by atoms with Gasteiger partial charge in [-0.3, -0.25) is 9.69 Å². The summed E-state index contributed by atoms with van der Waals surface area (Å²) in [7, 11) is 0. The van der Waals surface area contributed by atoms with Crippen molar-refractivity contribution in [2.75, 3.05) is 13.2 Å². The Bertz CT molecular complexity index is 1020. The number of H-pyrrole nitrogens is 2. The summed E-state index contributed by atoms with van der Waals surface area (Å²) in [5.41, 5.74) is 1.96. The molecule has 0 radical (unpaired) electrons. The van der Waals surface area contributed by atoms with Gasteiger partial charge in [0.05, 0.1) is 19.7 Å². The highest BCUT2D eigenvalue weighted by Gasteiger charge is 2.28. The summed E-state index contributed by atoms with van der Waals surface area (Å²) in [6, 6.07) is 9.31. The van der Waals surface area contributed by atoms with Crippen LogP contribution in [0, 0.1) is 5.92 Å². The molecule has 2 aromatic heterocycles. The average Bonchev–Trinajstić information content (AvgIpc) is 3.67. The van der Waals surface area contributed by atoms with E-state index in [-0.39, 0.29) is 12.5 Å². The number of nitrogens with zero attached hydrogens (tertiary/aromatic N) is 4. The molecule has 4 rings (SSSR count). The van der Waals surface area contributed by atoms with Gasteiger partial charge in [-0.2, -0.15) is 0 Å². The second-order valence-electron chi connectivity index (χ2n) is 10.6. The predicted molar refractivity (Wildman–Crippen MR) is 149 cm³/mol. The number of imidazole rings is 2. The molecular formula is C30H44N6O2. The van der Waals surface area contributed by atoms with Crippen LogP contribution in [0.15, 0.2) is 49.1 Å². The van der Waals surface area contributed by atoms with Crippen LogP contribution in [-0.4, -0.2) is 66.0 Å². The number of nitrogens with one attached hydrogen (secondary N) is 2. The third-order valence-corrected chi connectivity index (χ3v) is 8.18. The predicted octanol–water partition coefficient (Wildman–Crippen LogP) is 4.95. The molecule has 1 aromatic carbocycles. The number of aryl methyl sites for hydroxylation is 1. The maximum Gasteiger partial charge on any atom is 0.254 e. The fourth-order valence-corrected chi connectivity index (χ4v) is 6.00. The van der Waals surface area contributed by atoms with Gasteiger partial charge in [0, 0.05) is 49.0 Å². The lowest BCUT2D eigenvalue weighted by Crippen LogP contribution is -2.46. The Labute approximate surface area is 226 Å². The van der Waals surface area contributed by atoms with Crippen molar-refractivity contribution in [2.45, 2.75) is 90.4 Å². The van der Waals surface area contributed by atoms with Crippen LogP contribution in [-0.2, 0) is 19.5 Å². The van der Waals surface area contributed by atoms with Crippen molar-refractivity contribution >= 4 is 5.91 Å². The molecule has 8 heteroatoms. The van der Waals surface area contributed by atoms with E-state index >= 15 is 0 Å². The van der Waals surface area contributed by atoms with Crippen LogP contribution < -0.4 is 0 Å². The van der Waals surface area contributed by atoms with Crippen molar-refractivity contribution in [1.29, 1.82) is 0 Å². The van der Waals surface area contributed by atoms with Crippen LogP contribution in [0.1, 0.15) is 86.4 Å². The first-order valence-corrected chi connectivity index (χ1v) is 14.3. The fraction of sp³-hybridized carbons (Fsp3) is 0.567. The normalized spacial score (nSPS) is 17.8. The summed E-state index contributed by atoms with van der Waals surface area (Å²) in [6.45, 7) is 6.36. The molecule has 1 saturated carbocycles. The summed E-state index contributed by atoms with van der Waals surface area (Å²) in [6.07, 6.45) is 16.5. The smallest absolute Gasteiger partial charge is 0.254 e. The molecule has 8 nitrogen and oxygen atoms in total. The van der Waals surface area contributed by atoms with Gasteiger partial charge in [-0.25, -0.2) is 9.97 Å². The summed E-state index contributed by atoms with van der Waals surface area (Å²) >= 11 is 0. The molecule has 0 bridgehead atoms. The van der Waals surface area contributed by atoms with Gasteiger partial charge in [-0.1, -0.05) is 26.0 Å². The minimum Gasteiger partial charge on any atom is -0.395 e. The van der Waals surface area contributed by atoms with E-state index in [0.717, 1.165) is 43.4 Å². The first-order chi connectivity index (χ1) is 18.6. The van der Waals surface area contributed by atoms with Crippen molar-refractivity contribution < 1.29 is 9.90 Å². The molecule has 1 fully saturated rings. The second-order valence-corrected chi connectivity index (χ2v) is 10.6. The van der Waals surface area contributed by atoms with Gasteiger partial charge >= 0.3 is 0 Å². The molecule has 0 saturated heterocycles. The van der Waals surface area contributed by atoms with E-state index in [1.54, 1.807) is 29.7 Å². The number of aliphatic hydroxyl groups is 1. The van der Waals surface area contributed by atoms with Crippen LogP contribution in [0.2, 0.25) is 0 Å². The van der Waals surface area contributed by atoms with Crippen LogP contribution in [0.25, 0.3) is 0 Å². The molecule has 38 heavy (non-hydrogen) atoms. The number of hydrogen-bond acceptors (Lipinski definition) is 5. The van der Waals surface area contributed by atoms with E-state index in [4.69, 9.17) is 0 Å². The molecule has 1 amide bonds. The van der Waals surface area contributed by atoms with Crippen molar-refractivity contribution in [3.8, 4) is 0 Å². The Morgan fingerprint density at radius 2 is 1.58 bits per heavy atom. The van der Waals surface area contributed by atoms with E-state index < -0.39 is 0 Å². The number of benzene rings is 1. The number of aliphatic hydroxyl groups excluding tert-OH is 1. The number of amides is 1. The first-order valence-electron chi connectivity index (χ1n) is 14.3. The Hall–Kier alpha value is -2.97. The minimum absolute atomic E-state index is 0.0347. The van der Waals surface area contributed by atoms with E-state index in [9.17, 15) is 9.90 Å². The molecule has 0 unspecified atom stereocenters. The number of rotatable bonds is 14. The summed E-state index contributed by atoms with van der Waals surface area (Å²) in [5.74, 6) is 2.21. The first kappa shape index (κ1) is 28.0. The van der Waals surface area contributed by atoms with E-state index in [1.165, 1.54) is 37.7 Å². The van der Waals surface area contributed by atoms with Crippen LogP contribution >= 0.6 is 0 Å². The summed E-state index contributed by atoms with van der Waals surface area (Å²) in [4.78, 5) is 32.5. The fourth-order valence-electron chi connectivity index (χ4n) is 6.00. The zero-order chi connectivity index (χ0) is 26.7. The maximum absolute atomic E-state index is 13.4. The zero-order valence-electron chi connectivity index (χ0n) is 23.0. The van der Waals surface area contributed by atoms with Gasteiger partial charge in [-0.15, -0.1) is 0 Å². The van der Waals surface area contributed by atoms with Gasteiger partial charge in [0.15, 0.2) is 0 Å². The molecular weight excluding hydrogens is 476 g/mol. The molecule has 2 heterocycles.